The summed E-state index contributed by atoms with van der Waals surface area (Å²) in [4.78, 5) is 0. The molecule has 0 saturated carbocycles. The van der Waals surface area contributed by atoms with Crippen molar-refractivity contribution < 1.29 is 0 Å². The fourth-order valence-electron chi connectivity index (χ4n) is 2.00. The van der Waals surface area contributed by atoms with Gasteiger partial charge in [-0.15, -0.1) is 5.10 Å². The second kappa shape index (κ2) is 3.94. The summed E-state index contributed by atoms with van der Waals surface area (Å²) in [5, 5.41) is 16.4. The molecule has 1 aromatic carbocycles. The summed E-state index contributed by atoms with van der Waals surface area (Å²) in [6.07, 6.45) is 0. The molecule has 0 aliphatic rings. The number of fused-ring (bicyclic) bond motifs is 3. The third-order valence-electron chi connectivity index (χ3n) is 2.71. The molecule has 2 aromatic heterocycles. The van der Waals surface area contributed by atoms with Crippen molar-refractivity contribution in [3.8, 4) is 0 Å². The largest absolute Gasteiger partial charge is 0.316 e. The van der Waals surface area contributed by atoms with E-state index in [2.05, 4.69) is 20.8 Å². The molecule has 6 heteroatoms. The van der Waals surface area contributed by atoms with Crippen LogP contribution in [0, 0.1) is 0 Å². The minimum absolute atomic E-state index is 0.658. The van der Waals surface area contributed by atoms with E-state index in [1.165, 1.54) is 0 Å². The molecule has 0 aliphatic heterocycles. The van der Waals surface area contributed by atoms with Gasteiger partial charge >= 0.3 is 0 Å². The molecule has 0 spiro atoms. The lowest BCUT2D eigenvalue weighted by Crippen LogP contribution is -2.07. The molecule has 3 aromatic rings. The number of benzene rings is 1. The zero-order valence-corrected chi connectivity index (χ0v) is 9.94. The molecule has 5 nitrogen and oxygen atoms in total. The molecule has 2 heterocycles. The maximum Gasteiger partial charge on any atom is 0.181 e. The van der Waals surface area contributed by atoms with Crippen molar-refractivity contribution in [3.05, 3.63) is 34.9 Å². The van der Waals surface area contributed by atoms with Crippen molar-refractivity contribution in [1.82, 2.24) is 25.4 Å². The van der Waals surface area contributed by atoms with Gasteiger partial charge in [-0.25, -0.2) is 0 Å². The Bertz CT molecular complexity index is 691. The first-order chi connectivity index (χ1) is 8.31. The molecule has 1 N–H and O–H groups in total. The van der Waals surface area contributed by atoms with Gasteiger partial charge in [-0.05, 0) is 23.0 Å². The van der Waals surface area contributed by atoms with Crippen LogP contribution in [0.3, 0.4) is 0 Å². The molecule has 0 unspecified atom stereocenters. The second-order valence-electron chi connectivity index (χ2n) is 3.78. The molecule has 0 fully saturated rings. The number of aromatic nitrogens is 4. The Labute approximate surface area is 102 Å². The molecule has 0 radical (unpaired) electrons. The van der Waals surface area contributed by atoms with Gasteiger partial charge in [0.05, 0.1) is 10.5 Å². The predicted octanol–water partition coefficient (Wildman–Crippen LogP) is 1.65. The van der Waals surface area contributed by atoms with Crippen molar-refractivity contribution in [2.75, 3.05) is 7.05 Å². The average Bonchev–Trinajstić information content (AvgIpc) is 2.78. The summed E-state index contributed by atoms with van der Waals surface area (Å²) in [6.45, 7) is 0.743. The highest BCUT2D eigenvalue weighted by molar-refractivity contribution is 6.35. The molecule has 0 atom stereocenters. The Morgan fingerprint density at radius 1 is 1.41 bits per heavy atom. The highest BCUT2D eigenvalue weighted by Crippen LogP contribution is 2.26. The maximum atomic E-state index is 6.24. The highest BCUT2D eigenvalue weighted by atomic mass is 35.5. The summed E-state index contributed by atoms with van der Waals surface area (Å²) in [5.41, 5.74) is 2.73. The summed E-state index contributed by atoms with van der Waals surface area (Å²) >= 11 is 6.24. The van der Waals surface area contributed by atoms with Crippen LogP contribution in [0.4, 0.5) is 0 Å². The topological polar surface area (TPSA) is 55.1 Å². The van der Waals surface area contributed by atoms with Crippen LogP contribution in [-0.4, -0.2) is 27.1 Å². The zero-order chi connectivity index (χ0) is 11.8. The minimum Gasteiger partial charge on any atom is -0.316 e. The number of hydrogen-bond acceptors (Lipinski definition) is 4. The number of nitrogens with one attached hydrogen (secondary N) is 1. The zero-order valence-electron chi connectivity index (χ0n) is 9.18. The molecule has 0 amide bonds. The van der Waals surface area contributed by atoms with E-state index in [1.807, 2.05) is 25.2 Å². The lowest BCUT2D eigenvalue weighted by atomic mass is 10.1. The van der Waals surface area contributed by atoms with Gasteiger partial charge in [0.2, 0.25) is 0 Å². The fourth-order valence-corrected chi connectivity index (χ4v) is 2.25. The number of tetrazole rings is 1. The van der Waals surface area contributed by atoms with Crippen LogP contribution in [0.1, 0.15) is 5.56 Å². The number of nitrogens with zero attached hydrogens (tertiary/aromatic N) is 4. The standard InChI is InChI=1S/C11H10ClN5/c1-13-6-7-3-2-4-8-9(12)5-10-14-15-16-17(10)11(7)8/h2-5,13H,6H2,1H3. The van der Waals surface area contributed by atoms with Crippen LogP contribution in [-0.2, 0) is 6.54 Å². The molecule has 0 bridgehead atoms. The van der Waals surface area contributed by atoms with Crippen molar-refractivity contribution in [1.29, 1.82) is 0 Å². The Balaban J connectivity index is 2.50. The lowest BCUT2D eigenvalue weighted by molar-refractivity contribution is 0.805. The number of halogens is 1. The van der Waals surface area contributed by atoms with Crippen LogP contribution in [0.5, 0.6) is 0 Å². The van der Waals surface area contributed by atoms with Gasteiger partial charge < -0.3 is 5.32 Å². The Hall–Kier alpha value is -1.72. The van der Waals surface area contributed by atoms with Crippen LogP contribution in [0.15, 0.2) is 24.3 Å². The SMILES string of the molecule is CNCc1cccc2c(Cl)cc3nnnn3c12. The van der Waals surface area contributed by atoms with Gasteiger partial charge in [0.1, 0.15) is 0 Å². The van der Waals surface area contributed by atoms with Gasteiger partial charge in [0, 0.05) is 18.0 Å². The van der Waals surface area contributed by atoms with E-state index in [0.717, 1.165) is 23.0 Å². The lowest BCUT2D eigenvalue weighted by Gasteiger charge is -2.08. The fraction of sp³-hybridized carbons (Fsp3) is 0.182. The molecular formula is C11H10ClN5. The Morgan fingerprint density at radius 2 is 2.29 bits per heavy atom. The highest BCUT2D eigenvalue weighted by Gasteiger charge is 2.10. The van der Waals surface area contributed by atoms with E-state index in [0.29, 0.717) is 10.7 Å². The molecule has 17 heavy (non-hydrogen) atoms. The summed E-state index contributed by atoms with van der Waals surface area (Å²) in [5.74, 6) is 0. The van der Waals surface area contributed by atoms with Gasteiger partial charge in [-0.1, -0.05) is 29.8 Å². The Kier molecular flexibility index (Phi) is 2.42. The number of pyridine rings is 1. The van der Waals surface area contributed by atoms with Crippen LogP contribution in [0.25, 0.3) is 16.6 Å². The maximum absolute atomic E-state index is 6.24. The third kappa shape index (κ3) is 1.55. The normalized spacial score (nSPS) is 11.4. The van der Waals surface area contributed by atoms with E-state index in [4.69, 9.17) is 11.6 Å². The van der Waals surface area contributed by atoms with Crippen molar-refractivity contribution in [3.63, 3.8) is 0 Å². The van der Waals surface area contributed by atoms with Crippen LogP contribution < -0.4 is 5.32 Å². The second-order valence-corrected chi connectivity index (χ2v) is 4.19. The quantitative estimate of drug-likeness (QED) is 0.748. The van der Waals surface area contributed by atoms with E-state index in [9.17, 15) is 0 Å². The van der Waals surface area contributed by atoms with Crippen molar-refractivity contribution >= 4 is 28.2 Å². The molecule has 3 rings (SSSR count). The number of rotatable bonds is 2. The van der Waals surface area contributed by atoms with Gasteiger partial charge in [0.15, 0.2) is 5.65 Å². The van der Waals surface area contributed by atoms with Crippen LogP contribution >= 0.6 is 11.6 Å². The molecule has 86 valence electrons. The monoisotopic (exact) mass is 247 g/mol. The van der Waals surface area contributed by atoms with E-state index in [1.54, 1.807) is 10.6 Å². The minimum atomic E-state index is 0.658. The Morgan fingerprint density at radius 3 is 3.12 bits per heavy atom. The van der Waals surface area contributed by atoms with E-state index >= 15 is 0 Å². The van der Waals surface area contributed by atoms with Crippen molar-refractivity contribution in [2.24, 2.45) is 0 Å². The molecular weight excluding hydrogens is 238 g/mol. The van der Waals surface area contributed by atoms with E-state index in [-0.39, 0.29) is 0 Å². The number of hydrogen-bond donors (Lipinski definition) is 1. The predicted molar refractivity (Wildman–Crippen MR) is 66.1 cm³/mol. The molecule has 0 aliphatic carbocycles. The van der Waals surface area contributed by atoms with E-state index < -0.39 is 0 Å². The van der Waals surface area contributed by atoms with Gasteiger partial charge in [0.25, 0.3) is 0 Å². The van der Waals surface area contributed by atoms with Crippen molar-refractivity contribution in [2.45, 2.75) is 6.54 Å². The summed E-state index contributed by atoms with van der Waals surface area (Å²) < 4.78 is 1.72. The average molecular weight is 248 g/mol. The van der Waals surface area contributed by atoms with Crippen LogP contribution in [0.2, 0.25) is 5.02 Å². The molecule has 0 saturated heterocycles. The number of para-hydroxylation sites is 1. The van der Waals surface area contributed by atoms with Gasteiger partial charge in [-0.2, -0.15) is 4.52 Å². The first-order valence-electron chi connectivity index (χ1n) is 5.24. The summed E-state index contributed by atoms with van der Waals surface area (Å²) in [7, 11) is 1.90. The smallest absolute Gasteiger partial charge is 0.181 e. The van der Waals surface area contributed by atoms with Gasteiger partial charge in [-0.3, -0.25) is 0 Å². The first kappa shape index (κ1) is 10.4. The first-order valence-corrected chi connectivity index (χ1v) is 5.62. The third-order valence-corrected chi connectivity index (χ3v) is 3.02. The summed E-state index contributed by atoms with van der Waals surface area (Å²) in [6, 6.07) is 7.76.